The number of ether oxygens (including phenoxy) is 1. The van der Waals surface area contributed by atoms with E-state index >= 15 is 0 Å². The molecule has 0 saturated heterocycles. The van der Waals surface area contributed by atoms with Crippen LogP contribution in [-0.4, -0.2) is 10.7 Å². The summed E-state index contributed by atoms with van der Waals surface area (Å²) in [4.78, 5) is 21.1. The van der Waals surface area contributed by atoms with Crippen LogP contribution in [0.2, 0.25) is 0 Å². The molecular weight excluding hydrogens is 277 g/mol. The summed E-state index contributed by atoms with van der Waals surface area (Å²) in [5.74, 6) is -0.700. The molecule has 2 aromatic rings. The van der Waals surface area contributed by atoms with Gasteiger partial charge in [0.25, 0.3) is 5.69 Å². The SMILES string of the molecule is CC(=O)c1ccc(OCc2ccc([N+](=O)[O-])cc2)cc1F. The molecule has 0 bridgehead atoms. The standard InChI is InChI=1S/C15H12FNO4/c1-10(18)14-7-6-13(8-15(14)16)21-9-11-2-4-12(5-3-11)17(19)20/h2-8H,9H2,1H3. The van der Waals surface area contributed by atoms with Crippen LogP contribution in [0.3, 0.4) is 0 Å². The predicted octanol–water partition coefficient (Wildman–Crippen LogP) is 3.52. The summed E-state index contributed by atoms with van der Waals surface area (Å²) in [6.45, 7) is 1.44. The number of halogens is 1. The molecule has 0 N–H and O–H groups in total. The summed E-state index contributed by atoms with van der Waals surface area (Å²) >= 11 is 0. The molecule has 0 spiro atoms. The fourth-order valence-corrected chi connectivity index (χ4v) is 1.75. The van der Waals surface area contributed by atoms with Crippen LogP contribution in [0.4, 0.5) is 10.1 Å². The summed E-state index contributed by atoms with van der Waals surface area (Å²) < 4.78 is 19.0. The molecule has 0 unspecified atom stereocenters. The van der Waals surface area contributed by atoms with Crippen molar-refractivity contribution in [2.75, 3.05) is 0 Å². The van der Waals surface area contributed by atoms with E-state index < -0.39 is 10.7 Å². The van der Waals surface area contributed by atoms with Gasteiger partial charge in [-0.3, -0.25) is 14.9 Å². The van der Waals surface area contributed by atoms with Gasteiger partial charge in [0.1, 0.15) is 18.2 Å². The van der Waals surface area contributed by atoms with Gasteiger partial charge in [0.15, 0.2) is 5.78 Å². The highest BCUT2D eigenvalue weighted by Gasteiger charge is 2.09. The monoisotopic (exact) mass is 289 g/mol. The molecular formula is C15H12FNO4. The Morgan fingerprint density at radius 1 is 1.24 bits per heavy atom. The number of benzene rings is 2. The van der Waals surface area contributed by atoms with Crippen molar-refractivity contribution in [3.8, 4) is 5.75 Å². The van der Waals surface area contributed by atoms with Crippen LogP contribution < -0.4 is 4.74 Å². The first-order valence-electron chi connectivity index (χ1n) is 6.14. The number of non-ortho nitro benzene ring substituents is 1. The lowest BCUT2D eigenvalue weighted by Crippen LogP contribution is -2.00. The van der Waals surface area contributed by atoms with Gasteiger partial charge < -0.3 is 4.74 Å². The van der Waals surface area contributed by atoms with Crippen LogP contribution in [0.1, 0.15) is 22.8 Å². The van der Waals surface area contributed by atoms with E-state index in [9.17, 15) is 19.3 Å². The molecule has 0 radical (unpaired) electrons. The summed E-state index contributed by atoms with van der Waals surface area (Å²) in [7, 11) is 0. The topological polar surface area (TPSA) is 69.4 Å². The highest BCUT2D eigenvalue weighted by Crippen LogP contribution is 2.19. The summed E-state index contributed by atoms with van der Waals surface area (Å²) in [6.07, 6.45) is 0. The van der Waals surface area contributed by atoms with Crippen molar-refractivity contribution in [2.24, 2.45) is 0 Å². The fraction of sp³-hybridized carbons (Fsp3) is 0.133. The van der Waals surface area contributed by atoms with Crippen molar-refractivity contribution in [3.05, 3.63) is 69.5 Å². The Morgan fingerprint density at radius 3 is 2.43 bits per heavy atom. The highest BCUT2D eigenvalue weighted by atomic mass is 19.1. The van der Waals surface area contributed by atoms with Crippen molar-refractivity contribution in [2.45, 2.75) is 13.5 Å². The molecule has 0 aliphatic rings. The average molecular weight is 289 g/mol. The summed E-state index contributed by atoms with van der Waals surface area (Å²) in [6, 6.07) is 9.89. The van der Waals surface area contributed by atoms with Crippen molar-refractivity contribution in [1.29, 1.82) is 0 Å². The minimum absolute atomic E-state index is 0.00407. The van der Waals surface area contributed by atoms with Gasteiger partial charge in [-0.1, -0.05) is 0 Å². The second-order valence-corrected chi connectivity index (χ2v) is 4.41. The molecule has 0 aliphatic heterocycles. The number of nitrogens with zero attached hydrogens (tertiary/aromatic N) is 1. The van der Waals surface area contributed by atoms with Gasteiger partial charge >= 0.3 is 0 Å². The van der Waals surface area contributed by atoms with Crippen LogP contribution in [0.25, 0.3) is 0 Å². The molecule has 0 aromatic heterocycles. The van der Waals surface area contributed by atoms with Crippen LogP contribution >= 0.6 is 0 Å². The second kappa shape index (κ2) is 6.13. The van der Waals surface area contributed by atoms with Gasteiger partial charge in [-0.25, -0.2) is 4.39 Å². The Kier molecular flexibility index (Phi) is 4.27. The second-order valence-electron chi connectivity index (χ2n) is 4.41. The third-order valence-electron chi connectivity index (χ3n) is 2.87. The lowest BCUT2D eigenvalue weighted by molar-refractivity contribution is -0.384. The maximum absolute atomic E-state index is 13.6. The molecule has 0 atom stereocenters. The highest BCUT2D eigenvalue weighted by molar-refractivity contribution is 5.94. The van der Waals surface area contributed by atoms with E-state index in [-0.39, 0.29) is 29.4 Å². The van der Waals surface area contributed by atoms with Crippen LogP contribution in [0.5, 0.6) is 5.75 Å². The number of carbonyl (C=O) groups excluding carboxylic acids is 1. The first-order valence-corrected chi connectivity index (χ1v) is 6.14. The quantitative estimate of drug-likeness (QED) is 0.480. The molecule has 0 heterocycles. The number of hydrogen-bond donors (Lipinski definition) is 0. The van der Waals surface area contributed by atoms with Crippen molar-refractivity contribution >= 4 is 11.5 Å². The smallest absolute Gasteiger partial charge is 0.269 e. The minimum Gasteiger partial charge on any atom is -0.489 e. The van der Waals surface area contributed by atoms with Crippen molar-refractivity contribution in [1.82, 2.24) is 0 Å². The van der Waals surface area contributed by atoms with Crippen LogP contribution in [-0.2, 0) is 6.61 Å². The third-order valence-corrected chi connectivity index (χ3v) is 2.87. The van der Waals surface area contributed by atoms with Gasteiger partial charge in [0.2, 0.25) is 0 Å². The number of hydrogen-bond acceptors (Lipinski definition) is 4. The Bertz CT molecular complexity index is 683. The average Bonchev–Trinajstić information content (AvgIpc) is 2.45. The van der Waals surface area contributed by atoms with Gasteiger partial charge in [-0.05, 0) is 36.8 Å². The number of rotatable bonds is 5. The Hall–Kier alpha value is -2.76. The van der Waals surface area contributed by atoms with E-state index in [1.807, 2.05) is 0 Å². The third kappa shape index (κ3) is 3.62. The zero-order chi connectivity index (χ0) is 15.4. The summed E-state index contributed by atoms with van der Waals surface area (Å²) in [5.41, 5.74) is 0.727. The van der Waals surface area contributed by atoms with E-state index in [1.54, 1.807) is 12.1 Å². The largest absolute Gasteiger partial charge is 0.489 e. The number of ketones is 1. The van der Waals surface area contributed by atoms with Crippen molar-refractivity contribution < 1.29 is 18.8 Å². The maximum Gasteiger partial charge on any atom is 0.269 e. The van der Waals surface area contributed by atoms with Gasteiger partial charge in [0.05, 0.1) is 10.5 Å². The number of carbonyl (C=O) groups is 1. The molecule has 0 amide bonds. The van der Waals surface area contributed by atoms with Crippen molar-refractivity contribution in [3.63, 3.8) is 0 Å². The summed E-state index contributed by atoms with van der Waals surface area (Å²) in [5, 5.41) is 10.5. The number of Topliss-reactive ketones (excluding diaryl/α,β-unsaturated/α-hetero) is 1. The molecule has 6 heteroatoms. The molecule has 2 rings (SSSR count). The van der Waals surface area contributed by atoms with E-state index in [0.717, 1.165) is 11.6 Å². The lowest BCUT2D eigenvalue weighted by atomic mass is 10.1. The zero-order valence-corrected chi connectivity index (χ0v) is 11.2. The zero-order valence-electron chi connectivity index (χ0n) is 11.2. The van der Waals surface area contributed by atoms with E-state index in [2.05, 4.69) is 0 Å². The van der Waals surface area contributed by atoms with Gasteiger partial charge in [-0.2, -0.15) is 0 Å². The lowest BCUT2D eigenvalue weighted by Gasteiger charge is -2.07. The predicted molar refractivity (Wildman–Crippen MR) is 73.8 cm³/mol. The fourth-order valence-electron chi connectivity index (χ4n) is 1.75. The molecule has 21 heavy (non-hydrogen) atoms. The van der Waals surface area contributed by atoms with Crippen LogP contribution in [0, 0.1) is 15.9 Å². The first kappa shape index (κ1) is 14.6. The van der Waals surface area contributed by atoms with E-state index in [1.165, 1.54) is 31.2 Å². The Labute approximate surface area is 120 Å². The molecule has 5 nitrogen and oxygen atoms in total. The van der Waals surface area contributed by atoms with E-state index in [4.69, 9.17) is 4.74 Å². The molecule has 0 aliphatic carbocycles. The maximum atomic E-state index is 13.6. The molecule has 0 saturated carbocycles. The van der Waals surface area contributed by atoms with Gasteiger partial charge in [-0.15, -0.1) is 0 Å². The van der Waals surface area contributed by atoms with Crippen LogP contribution in [0.15, 0.2) is 42.5 Å². The first-order chi connectivity index (χ1) is 9.97. The Morgan fingerprint density at radius 2 is 1.90 bits per heavy atom. The molecule has 0 fully saturated rings. The van der Waals surface area contributed by atoms with E-state index in [0.29, 0.717) is 0 Å². The molecule has 2 aromatic carbocycles. The minimum atomic E-state index is -0.635. The number of nitro benzene ring substituents is 1. The molecule has 108 valence electrons. The normalized spacial score (nSPS) is 10.2. The number of nitro groups is 1. The Balaban J connectivity index is 2.04. The van der Waals surface area contributed by atoms with Gasteiger partial charge in [0, 0.05) is 18.2 Å².